The van der Waals surface area contributed by atoms with Gasteiger partial charge in [0, 0.05) is 30.8 Å². The van der Waals surface area contributed by atoms with Crippen molar-refractivity contribution < 1.29 is 9.59 Å². The van der Waals surface area contributed by atoms with Crippen molar-refractivity contribution >= 4 is 35.2 Å². The number of carbonyl (C=O) groups is 2. The fourth-order valence-corrected chi connectivity index (χ4v) is 4.53. The zero-order chi connectivity index (χ0) is 21.0. The number of fused-ring (bicyclic) bond motifs is 3. The molecule has 2 aromatic rings. The molecule has 0 spiro atoms. The molecule has 0 bridgehead atoms. The highest BCUT2D eigenvalue weighted by molar-refractivity contribution is 6.30. The van der Waals surface area contributed by atoms with Crippen molar-refractivity contribution in [1.29, 1.82) is 0 Å². The molecule has 5 rings (SSSR count). The predicted molar refractivity (Wildman–Crippen MR) is 115 cm³/mol. The molecule has 2 aromatic carbocycles. The minimum atomic E-state index is -0.511. The number of benzene rings is 2. The number of nitrogens with zero attached hydrogens (tertiary/aromatic N) is 5. The van der Waals surface area contributed by atoms with Gasteiger partial charge in [-0.25, -0.2) is 9.79 Å². The number of hydrogen-bond acceptors (Lipinski definition) is 5. The number of amides is 3. The van der Waals surface area contributed by atoms with Crippen LogP contribution in [0.25, 0.3) is 0 Å². The summed E-state index contributed by atoms with van der Waals surface area (Å²) < 4.78 is 0. The summed E-state index contributed by atoms with van der Waals surface area (Å²) in [5, 5.41) is 0.671. The molecule has 3 aliphatic heterocycles. The number of aliphatic imine (C=N–C) groups is 1. The van der Waals surface area contributed by atoms with E-state index in [2.05, 4.69) is 4.90 Å². The lowest BCUT2D eigenvalue weighted by Gasteiger charge is -2.40. The van der Waals surface area contributed by atoms with Crippen molar-refractivity contribution in [3.05, 3.63) is 64.7 Å². The summed E-state index contributed by atoms with van der Waals surface area (Å²) in [5.41, 5.74) is 2.99. The van der Waals surface area contributed by atoms with E-state index in [4.69, 9.17) is 16.6 Å². The summed E-state index contributed by atoms with van der Waals surface area (Å²) in [6.45, 7) is 3.66. The van der Waals surface area contributed by atoms with Crippen LogP contribution in [0.5, 0.6) is 0 Å². The molecular formula is C22H22ClN5O2. The number of anilines is 1. The average molecular weight is 424 g/mol. The van der Waals surface area contributed by atoms with Gasteiger partial charge in [0.25, 0.3) is 5.91 Å². The van der Waals surface area contributed by atoms with E-state index in [1.54, 1.807) is 11.9 Å². The molecule has 154 valence electrons. The van der Waals surface area contributed by atoms with Gasteiger partial charge in [0.05, 0.1) is 6.54 Å². The van der Waals surface area contributed by atoms with E-state index in [-0.39, 0.29) is 18.5 Å². The van der Waals surface area contributed by atoms with Crippen LogP contribution in [0.1, 0.15) is 11.1 Å². The van der Waals surface area contributed by atoms with Gasteiger partial charge in [-0.15, -0.1) is 0 Å². The van der Waals surface area contributed by atoms with Crippen molar-refractivity contribution in [2.24, 2.45) is 4.99 Å². The third-order valence-electron chi connectivity index (χ3n) is 6.11. The van der Waals surface area contributed by atoms with Gasteiger partial charge >= 0.3 is 6.03 Å². The second-order valence-electron chi connectivity index (χ2n) is 7.85. The monoisotopic (exact) mass is 423 g/mol. The number of rotatable bonds is 3. The van der Waals surface area contributed by atoms with Gasteiger partial charge in [-0.05, 0) is 42.3 Å². The number of carbonyl (C=O) groups excluding carboxylic acids is 2. The van der Waals surface area contributed by atoms with Crippen molar-refractivity contribution in [3.63, 3.8) is 0 Å². The van der Waals surface area contributed by atoms with E-state index < -0.39 is 12.2 Å². The Labute approximate surface area is 180 Å². The van der Waals surface area contributed by atoms with Gasteiger partial charge in [-0.3, -0.25) is 9.69 Å². The Morgan fingerprint density at radius 2 is 1.80 bits per heavy atom. The molecular weight excluding hydrogens is 402 g/mol. The topological polar surface area (TPSA) is 59.5 Å². The molecule has 0 saturated carbocycles. The maximum absolute atomic E-state index is 13.4. The molecule has 3 amide bonds. The molecule has 3 aliphatic rings. The van der Waals surface area contributed by atoms with Crippen LogP contribution in [0.4, 0.5) is 10.5 Å². The fraction of sp³-hybridized carbons (Fsp3) is 0.318. The number of halogens is 1. The lowest BCUT2D eigenvalue weighted by Crippen LogP contribution is -2.64. The zero-order valence-corrected chi connectivity index (χ0v) is 17.6. The van der Waals surface area contributed by atoms with E-state index >= 15 is 0 Å². The standard InChI is InChI=1S/C22H22ClN5O2/c1-14-5-3-4-6-15(14)13-28-20(29)18-19(25(2)22(28)30)24-21-26(11-12-27(18)21)17-9-7-16(23)8-10-17/h3-10,18-19H,11-13H2,1-2H3. The van der Waals surface area contributed by atoms with Crippen LogP contribution in [0.2, 0.25) is 5.02 Å². The first-order valence-electron chi connectivity index (χ1n) is 9.96. The smallest absolute Gasteiger partial charge is 0.325 e. The average Bonchev–Trinajstić information content (AvgIpc) is 3.31. The number of hydrogen-bond donors (Lipinski definition) is 0. The number of urea groups is 1. The van der Waals surface area contributed by atoms with Crippen LogP contribution in [-0.4, -0.2) is 64.9 Å². The second-order valence-corrected chi connectivity index (χ2v) is 8.29. The van der Waals surface area contributed by atoms with E-state index in [1.807, 2.05) is 60.4 Å². The Kier molecular flexibility index (Phi) is 4.43. The molecule has 0 aromatic heterocycles. The first kappa shape index (κ1) is 18.9. The third kappa shape index (κ3) is 2.84. The molecule has 7 nitrogen and oxygen atoms in total. The van der Waals surface area contributed by atoms with E-state index in [9.17, 15) is 9.59 Å². The number of likely N-dealkylation sites (N-methyl/N-ethyl adjacent to an activating group) is 1. The maximum Gasteiger partial charge on any atom is 0.328 e. The lowest BCUT2D eigenvalue weighted by atomic mass is 10.1. The van der Waals surface area contributed by atoms with Gasteiger partial charge < -0.3 is 14.7 Å². The van der Waals surface area contributed by atoms with Crippen LogP contribution < -0.4 is 4.90 Å². The number of imide groups is 1. The summed E-state index contributed by atoms with van der Waals surface area (Å²) in [4.78, 5) is 38.3. The van der Waals surface area contributed by atoms with Crippen molar-refractivity contribution in [1.82, 2.24) is 14.7 Å². The van der Waals surface area contributed by atoms with Gasteiger partial charge in [-0.1, -0.05) is 35.9 Å². The van der Waals surface area contributed by atoms with E-state index in [0.29, 0.717) is 11.6 Å². The highest BCUT2D eigenvalue weighted by atomic mass is 35.5. The predicted octanol–water partition coefficient (Wildman–Crippen LogP) is 2.93. The summed E-state index contributed by atoms with van der Waals surface area (Å²) in [7, 11) is 1.72. The maximum atomic E-state index is 13.4. The normalized spacial score (nSPS) is 23.1. The summed E-state index contributed by atoms with van der Waals surface area (Å²) in [6, 6.07) is 14.6. The van der Waals surface area contributed by atoms with Crippen LogP contribution >= 0.6 is 11.6 Å². The fourth-order valence-electron chi connectivity index (χ4n) is 4.41. The Bertz CT molecular complexity index is 1050. The quantitative estimate of drug-likeness (QED) is 0.761. The van der Waals surface area contributed by atoms with Gasteiger partial charge in [-0.2, -0.15) is 0 Å². The molecule has 3 heterocycles. The van der Waals surface area contributed by atoms with Crippen LogP contribution in [0, 0.1) is 6.92 Å². The van der Waals surface area contributed by atoms with Crippen molar-refractivity contribution in [3.8, 4) is 0 Å². The van der Waals surface area contributed by atoms with Gasteiger partial charge in [0.15, 0.2) is 12.2 Å². The van der Waals surface area contributed by atoms with E-state index in [1.165, 1.54) is 4.90 Å². The minimum Gasteiger partial charge on any atom is -0.325 e. The van der Waals surface area contributed by atoms with Crippen molar-refractivity contribution in [2.45, 2.75) is 25.7 Å². The third-order valence-corrected chi connectivity index (χ3v) is 6.36. The molecule has 2 saturated heterocycles. The largest absolute Gasteiger partial charge is 0.328 e. The van der Waals surface area contributed by atoms with Gasteiger partial charge in [0.1, 0.15) is 0 Å². The highest BCUT2D eigenvalue weighted by Crippen LogP contribution is 2.34. The number of aryl methyl sites for hydroxylation is 1. The Morgan fingerprint density at radius 3 is 2.53 bits per heavy atom. The lowest BCUT2D eigenvalue weighted by molar-refractivity contribution is -0.137. The SMILES string of the molecule is Cc1ccccc1CN1C(=O)C2C(N=C3N(c4ccc(Cl)cc4)CCN32)N(C)C1=O. The Hall–Kier alpha value is -3.06. The van der Waals surface area contributed by atoms with Crippen molar-refractivity contribution in [2.75, 3.05) is 25.0 Å². The molecule has 2 unspecified atom stereocenters. The molecule has 0 N–H and O–H groups in total. The van der Waals surface area contributed by atoms with Crippen LogP contribution in [0.15, 0.2) is 53.5 Å². The Morgan fingerprint density at radius 1 is 1.07 bits per heavy atom. The molecule has 8 heteroatoms. The second kappa shape index (κ2) is 7.02. The van der Waals surface area contributed by atoms with Gasteiger partial charge in [0.2, 0.25) is 5.96 Å². The number of guanidine groups is 1. The summed E-state index contributed by atoms with van der Waals surface area (Å²) in [6.07, 6.45) is -0.511. The molecule has 0 aliphatic carbocycles. The molecule has 2 atom stereocenters. The van der Waals surface area contributed by atoms with Crippen LogP contribution in [-0.2, 0) is 11.3 Å². The van der Waals surface area contributed by atoms with E-state index in [0.717, 1.165) is 29.3 Å². The summed E-state index contributed by atoms with van der Waals surface area (Å²) >= 11 is 6.02. The Balaban J connectivity index is 1.44. The summed E-state index contributed by atoms with van der Waals surface area (Å²) in [5.74, 6) is 0.543. The minimum absolute atomic E-state index is 0.192. The highest BCUT2D eigenvalue weighted by Gasteiger charge is 2.54. The van der Waals surface area contributed by atoms with Crippen LogP contribution in [0.3, 0.4) is 0 Å². The first-order chi connectivity index (χ1) is 14.5. The first-order valence-corrected chi connectivity index (χ1v) is 10.3. The molecule has 2 fully saturated rings. The molecule has 30 heavy (non-hydrogen) atoms. The molecule has 0 radical (unpaired) electrons. The zero-order valence-electron chi connectivity index (χ0n) is 16.8.